The van der Waals surface area contributed by atoms with E-state index in [2.05, 4.69) is 0 Å². The number of benzene rings is 1. The van der Waals surface area contributed by atoms with Gasteiger partial charge in [-0.15, -0.1) is 0 Å². The first-order valence-electron chi connectivity index (χ1n) is 5.77. The summed E-state index contributed by atoms with van der Waals surface area (Å²) in [5.41, 5.74) is 12.6. The summed E-state index contributed by atoms with van der Waals surface area (Å²) in [7, 11) is 1.59. The van der Waals surface area contributed by atoms with Crippen LogP contribution in [0.2, 0.25) is 0 Å². The number of nitrogens with two attached hydrogens (primary N) is 2. The van der Waals surface area contributed by atoms with Crippen molar-refractivity contribution >= 4 is 0 Å². The minimum absolute atomic E-state index is 0.255. The van der Waals surface area contributed by atoms with Gasteiger partial charge in [0.15, 0.2) is 0 Å². The van der Waals surface area contributed by atoms with Crippen molar-refractivity contribution in [1.29, 1.82) is 0 Å². The Hall–Kier alpha value is -1.65. The molecule has 18 heavy (non-hydrogen) atoms. The molecule has 4 heteroatoms. The summed E-state index contributed by atoms with van der Waals surface area (Å²) in [6.45, 7) is 0. The summed E-state index contributed by atoms with van der Waals surface area (Å²) in [6.07, 6.45) is 6.01. The van der Waals surface area contributed by atoms with E-state index >= 15 is 0 Å². The predicted octanol–water partition coefficient (Wildman–Crippen LogP) is 1.49. The molecule has 1 aliphatic rings. The molecule has 1 aliphatic carbocycles. The molecular formula is C14H17FN2O. The van der Waals surface area contributed by atoms with Crippen LogP contribution in [0.15, 0.2) is 48.3 Å². The fraction of sp³-hybridized carbons (Fsp3) is 0.286. The van der Waals surface area contributed by atoms with Gasteiger partial charge in [0.25, 0.3) is 0 Å². The van der Waals surface area contributed by atoms with Gasteiger partial charge in [0.05, 0.1) is 12.6 Å². The average Bonchev–Trinajstić information content (AvgIpc) is 2.36. The molecule has 0 aliphatic heterocycles. The molecule has 2 unspecified atom stereocenters. The summed E-state index contributed by atoms with van der Waals surface area (Å²) in [5, 5.41) is 0. The van der Waals surface area contributed by atoms with E-state index in [1.807, 2.05) is 12.2 Å². The Balaban J connectivity index is 2.16. The lowest BCUT2D eigenvalue weighted by atomic mass is 9.82. The van der Waals surface area contributed by atoms with Gasteiger partial charge < -0.3 is 16.2 Å². The summed E-state index contributed by atoms with van der Waals surface area (Å²) < 4.78 is 17.9. The summed E-state index contributed by atoms with van der Waals surface area (Å²) in [6, 6.07) is 5.96. The predicted molar refractivity (Wildman–Crippen MR) is 69.2 cm³/mol. The second kappa shape index (κ2) is 4.92. The van der Waals surface area contributed by atoms with Gasteiger partial charge >= 0.3 is 0 Å². The summed E-state index contributed by atoms with van der Waals surface area (Å²) in [5.74, 6) is 0.456. The lowest BCUT2D eigenvalue weighted by Gasteiger charge is -2.33. The minimum atomic E-state index is -0.667. The Morgan fingerprint density at radius 3 is 2.56 bits per heavy atom. The Morgan fingerprint density at radius 2 is 2.00 bits per heavy atom. The van der Waals surface area contributed by atoms with E-state index in [0.717, 1.165) is 5.56 Å². The van der Waals surface area contributed by atoms with E-state index in [9.17, 15) is 4.39 Å². The first kappa shape index (κ1) is 12.8. The molecule has 96 valence electrons. The number of hydrogen-bond donors (Lipinski definition) is 2. The van der Waals surface area contributed by atoms with Crippen LogP contribution in [0.3, 0.4) is 0 Å². The van der Waals surface area contributed by atoms with Crippen LogP contribution < -0.4 is 11.5 Å². The molecule has 0 spiro atoms. The standard InChI is InChI=1S/C14H17FN2O/c1-18-12-6-7-14(17,13(16)8-12)9-10-2-4-11(15)5-3-10/h2-8,13H,9,16-17H2,1H3. The zero-order valence-electron chi connectivity index (χ0n) is 10.3. The highest BCUT2D eigenvalue weighted by Crippen LogP contribution is 2.22. The number of rotatable bonds is 3. The van der Waals surface area contributed by atoms with Gasteiger partial charge in [0, 0.05) is 6.04 Å². The van der Waals surface area contributed by atoms with Crippen molar-refractivity contribution in [1.82, 2.24) is 0 Å². The highest BCUT2D eigenvalue weighted by atomic mass is 19.1. The lowest BCUT2D eigenvalue weighted by Crippen LogP contribution is -2.55. The monoisotopic (exact) mass is 248 g/mol. The molecule has 2 rings (SSSR count). The van der Waals surface area contributed by atoms with Crippen molar-refractivity contribution in [2.45, 2.75) is 18.0 Å². The van der Waals surface area contributed by atoms with E-state index in [1.165, 1.54) is 12.1 Å². The van der Waals surface area contributed by atoms with Crippen LogP contribution in [0, 0.1) is 5.82 Å². The van der Waals surface area contributed by atoms with Gasteiger partial charge in [0.1, 0.15) is 11.6 Å². The van der Waals surface area contributed by atoms with Crippen molar-refractivity contribution in [3.05, 3.63) is 59.6 Å². The molecule has 0 amide bonds. The molecule has 1 aromatic rings. The second-order valence-electron chi connectivity index (χ2n) is 4.55. The number of halogens is 1. The van der Waals surface area contributed by atoms with Gasteiger partial charge in [-0.1, -0.05) is 18.2 Å². The van der Waals surface area contributed by atoms with Gasteiger partial charge in [-0.25, -0.2) is 4.39 Å². The fourth-order valence-corrected chi connectivity index (χ4v) is 2.00. The van der Waals surface area contributed by atoms with E-state index in [1.54, 1.807) is 25.3 Å². The molecule has 4 N–H and O–H groups in total. The zero-order chi connectivity index (χ0) is 13.2. The van der Waals surface area contributed by atoms with Crippen LogP contribution in [0.4, 0.5) is 4.39 Å². The molecular weight excluding hydrogens is 231 g/mol. The van der Waals surface area contributed by atoms with Crippen molar-refractivity contribution in [2.24, 2.45) is 11.5 Å². The maximum absolute atomic E-state index is 12.8. The number of allylic oxidation sites excluding steroid dienone is 1. The molecule has 2 atom stereocenters. The van der Waals surface area contributed by atoms with Crippen LogP contribution in [0.5, 0.6) is 0 Å². The average molecular weight is 248 g/mol. The van der Waals surface area contributed by atoms with Gasteiger partial charge in [-0.2, -0.15) is 0 Å². The maximum Gasteiger partial charge on any atom is 0.123 e. The highest BCUT2D eigenvalue weighted by Gasteiger charge is 2.31. The van der Waals surface area contributed by atoms with E-state index in [0.29, 0.717) is 12.2 Å². The molecule has 0 fully saturated rings. The van der Waals surface area contributed by atoms with Crippen molar-refractivity contribution in [2.75, 3.05) is 7.11 Å². The third-order valence-electron chi connectivity index (χ3n) is 3.18. The third-order valence-corrected chi connectivity index (χ3v) is 3.18. The molecule has 3 nitrogen and oxygen atoms in total. The molecule has 0 bridgehead atoms. The number of ether oxygens (including phenoxy) is 1. The lowest BCUT2D eigenvalue weighted by molar-refractivity contribution is 0.295. The Bertz CT molecular complexity index is 481. The minimum Gasteiger partial charge on any atom is -0.497 e. The second-order valence-corrected chi connectivity index (χ2v) is 4.55. The molecule has 1 aromatic carbocycles. The Labute approximate surface area is 106 Å². The normalized spacial score (nSPS) is 26.9. The van der Waals surface area contributed by atoms with Crippen LogP contribution >= 0.6 is 0 Å². The Morgan fingerprint density at radius 1 is 1.33 bits per heavy atom. The quantitative estimate of drug-likeness (QED) is 0.852. The molecule has 0 saturated carbocycles. The largest absolute Gasteiger partial charge is 0.497 e. The van der Waals surface area contributed by atoms with Crippen molar-refractivity contribution in [3.8, 4) is 0 Å². The third kappa shape index (κ3) is 2.60. The van der Waals surface area contributed by atoms with Gasteiger partial charge in [-0.05, 0) is 36.3 Å². The molecule has 0 radical (unpaired) electrons. The first-order valence-corrected chi connectivity index (χ1v) is 5.77. The number of methoxy groups -OCH3 is 1. The smallest absolute Gasteiger partial charge is 0.123 e. The van der Waals surface area contributed by atoms with Crippen LogP contribution in [-0.2, 0) is 11.2 Å². The highest BCUT2D eigenvalue weighted by molar-refractivity contribution is 5.33. The van der Waals surface area contributed by atoms with Crippen LogP contribution in [-0.4, -0.2) is 18.7 Å². The molecule has 0 saturated heterocycles. The van der Waals surface area contributed by atoms with Crippen molar-refractivity contribution < 1.29 is 9.13 Å². The summed E-state index contributed by atoms with van der Waals surface area (Å²) in [4.78, 5) is 0. The Kier molecular flexibility index (Phi) is 3.50. The van der Waals surface area contributed by atoms with Gasteiger partial charge in [0.2, 0.25) is 0 Å². The van der Waals surface area contributed by atoms with E-state index in [4.69, 9.17) is 16.2 Å². The molecule has 0 aromatic heterocycles. The van der Waals surface area contributed by atoms with Gasteiger partial charge in [-0.3, -0.25) is 0 Å². The van der Waals surface area contributed by atoms with E-state index in [-0.39, 0.29) is 11.9 Å². The van der Waals surface area contributed by atoms with Crippen molar-refractivity contribution in [3.63, 3.8) is 0 Å². The molecule has 0 heterocycles. The zero-order valence-corrected chi connectivity index (χ0v) is 10.3. The topological polar surface area (TPSA) is 61.3 Å². The first-order chi connectivity index (χ1) is 8.53. The van der Waals surface area contributed by atoms with Crippen LogP contribution in [0.25, 0.3) is 0 Å². The van der Waals surface area contributed by atoms with E-state index < -0.39 is 5.54 Å². The van der Waals surface area contributed by atoms with Crippen LogP contribution in [0.1, 0.15) is 5.56 Å². The summed E-state index contributed by atoms with van der Waals surface area (Å²) >= 11 is 0. The SMILES string of the molecule is COC1=CC(N)C(N)(Cc2ccc(F)cc2)C=C1. The number of hydrogen-bond acceptors (Lipinski definition) is 3. The fourth-order valence-electron chi connectivity index (χ4n) is 2.00. The maximum atomic E-state index is 12.8.